The van der Waals surface area contributed by atoms with Crippen molar-refractivity contribution in [3.8, 4) is 22.8 Å². The number of esters is 1. The summed E-state index contributed by atoms with van der Waals surface area (Å²) in [6.45, 7) is 5.25. The van der Waals surface area contributed by atoms with Crippen molar-refractivity contribution in [2.24, 2.45) is 10.9 Å². The zero-order valence-electron chi connectivity index (χ0n) is 34.3. The fourth-order valence-electron chi connectivity index (χ4n) is 9.30. The van der Waals surface area contributed by atoms with Gasteiger partial charge in [-0.3, -0.25) is 14.7 Å². The number of aliphatic hydroxyl groups is 1. The number of pyridine rings is 2. The molecule has 2 bridgehead atoms. The second-order valence-electron chi connectivity index (χ2n) is 16.7. The zero-order valence-corrected chi connectivity index (χ0v) is 35.9. The van der Waals surface area contributed by atoms with Crippen LogP contribution in [-0.4, -0.2) is 88.3 Å². The van der Waals surface area contributed by atoms with E-state index in [0.717, 1.165) is 34.6 Å². The number of hydrogen-bond acceptors (Lipinski definition) is 16. The van der Waals surface area contributed by atoms with Crippen molar-refractivity contribution in [1.29, 1.82) is 0 Å². The fraction of sp³-hybridized carbons (Fsp3) is 0.432. The molecule has 9 rings (SSSR count). The number of epoxide rings is 1. The van der Waals surface area contributed by atoms with E-state index in [0.29, 0.717) is 84.7 Å². The Bertz CT molecular complexity index is 2580. The maximum Gasteiger partial charge on any atom is 0.341 e. The lowest BCUT2D eigenvalue weighted by molar-refractivity contribution is -0.852. The molecule has 0 amide bonds. The molecule has 5 aliphatic rings. The van der Waals surface area contributed by atoms with Crippen LogP contribution in [0.4, 0.5) is 11.6 Å². The molecular formula is C44H50N7O8S2+. The SMILES string of the molecule is CNCC(CCO)C12OC1CCc1cc(N)nc(c1)-c1cc(C[NH+]3C=C4N=CC=C4C3)nc(N)c1CSSCCC1(C)Oc3cc4oc(C)cc(=O)c4c(O)c3CC1OC2=O. The first-order valence-corrected chi connectivity index (χ1v) is 23.1. The number of phenols is 1. The Kier molecular flexibility index (Phi) is 11.2. The van der Waals surface area contributed by atoms with Gasteiger partial charge in [0.25, 0.3) is 0 Å². The predicted molar refractivity (Wildman–Crippen MR) is 235 cm³/mol. The maximum atomic E-state index is 14.8. The van der Waals surface area contributed by atoms with Gasteiger partial charge in [0.15, 0.2) is 11.0 Å². The number of nitrogens with zero attached hydrogens (tertiary/aromatic N) is 3. The van der Waals surface area contributed by atoms with E-state index in [1.165, 1.54) is 16.5 Å². The average Bonchev–Trinajstić information content (AvgIpc) is 3.58. The number of carbonyl (C=O) groups excluding carboxylic acids is 1. The van der Waals surface area contributed by atoms with E-state index >= 15 is 0 Å². The van der Waals surface area contributed by atoms with E-state index in [-0.39, 0.29) is 35.2 Å². The van der Waals surface area contributed by atoms with Crippen molar-refractivity contribution in [2.75, 3.05) is 44.0 Å². The Morgan fingerprint density at radius 2 is 1.95 bits per heavy atom. The smallest absolute Gasteiger partial charge is 0.341 e. The number of carbonyl (C=O) groups is 1. The van der Waals surface area contributed by atoms with Gasteiger partial charge in [-0.2, -0.15) is 0 Å². The number of aryl methyl sites for hydroxylation is 2. The molecule has 0 saturated carbocycles. The van der Waals surface area contributed by atoms with Crippen LogP contribution in [-0.2, 0) is 39.4 Å². The highest BCUT2D eigenvalue weighted by atomic mass is 33.1. The van der Waals surface area contributed by atoms with Crippen molar-refractivity contribution in [2.45, 2.75) is 81.7 Å². The number of allylic oxidation sites excluding steroid dienone is 1. The molecule has 0 radical (unpaired) electrons. The Labute approximate surface area is 360 Å². The Hall–Kier alpha value is -4.91. The van der Waals surface area contributed by atoms with Crippen molar-refractivity contribution in [1.82, 2.24) is 15.3 Å². The lowest BCUT2D eigenvalue weighted by atomic mass is 9.83. The number of nitrogens with one attached hydrogen (secondary N) is 2. The van der Waals surface area contributed by atoms with E-state index in [4.69, 9.17) is 40.1 Å². The molecule has 17 heteroatoms. The summed E-state index contributed by atoms with van der Waals surface area (Å²) in [4.78, 5) is 43.2. The molecule has 0 aliphatic carbocycles. The molecule has 8 heterocycles. The van der Waals surface area contributed by atoms with E-state index < -0.39 is 35.3 Å². The third-order valence-corrected chi connectivity index (χ3v) is 14.8. The van der Waals surface area contributed by atoms with Crippen molar-refractivity contribution in [3.63, 3.8) is 0 Å². The molecular weight excluding hydrogens is 819 g/mol. The number of aromatic hydroxyl groups is 1. The number of benzene rings is 1. The van der Waals surface area contributed by atoms with Crippen LogP contribution in [0.3, 0.4) is 0 Å². The minimum atomic E-state index is -1.36. The lowest BCUT2D eigenvalue weighted by Crippen LogP contribution is -3.04. The van der Waals surface area contributed by atoms with E-state index in [1.807, 2.05) is 31.3 Å². The summed E-state index contributed by atoms with van der Waals surface area (Å²) in [5.41, 5.74) is 17.4. The van der Waals surface area contributed by atoms with Crippen LogP contribution in [0, 0.1) is 12.8 Å². The summed E-state index contributed by atoms with van der Waals surface area (Å²) < 4.78 is 25.6. The number of nitrogens with two attached hydrogens (primary N) is 2. The van der Waals surface area contributed by atoms with Gasteiger partial charge in [-0.15, -0.1) is 0 Å². The number of rotatable bonds is 7. The first-order valence-electron chi connectivity index (χ1n) is 20.6. The third kappa shape index (κ3) is 7.80. The minimum Gasteiger partial charge on any atom is -0.507 e. The number of quaternary nitrogens is 1. The Balaban J connectivity index is 1.08. The highest BCUT2D eigenvalue weighted by Crippen LogP contribution is 2.51. The van der Waals surface area contributed by atoms with E-state index in [2.05, 4.69) is 22.6 Å². The monoisotopic (exact) mass is 868 g/mol. The van der Waals surface area contributed by atoms with Crippen LogP contribution < -0.4 is 31.8 Å². The van der Waals surface area contributed by atoms with Gasteiger partial charge in [0.1, 0.15) is 76.6 Å². The number of aliphatic hydroxyl groups excluding tert-OH is 1. The van der Waals surface area contributed by atoms with Gasteiger partial charge < -0.3 is 45.6 Å². The molecule has 1 saturated heterocycles. The average molecular weight is 869 g/mol. The third-order valence-electron chi connectivity index (χ3n) is 12.5. The summed E-state index contributed by atoms with van der Waals surface area (Å²) in [6, 6.07) is 8.90. The van der Waals surface area contributed by atoms with Crippen molar-refractivity contribution < 1.29 is 38.5 Å². The van der Waals surface area contributed by atoms with Crippen LogP contribution in [0.2, 0.25) is 0 Å². The number of hydrogen-bond donors (Lipinski definition) is 6. The van der Waals surface area contributed by atoms with Gasteiger partial charge in [-0.25, -0.2) is 14.8 Å². The minimum absolute atomic E-state index is 0.0412. The number of aliphatic imine (C=N–C) groups is 1. The first-order chi connectivity index (χ1) is 29.4. The summed E-state index contributed by atoms with van der Waals surface area (Å²) in [5.74, 6) is 1.42. The van der Waals surface area contributed by atoms with E-state index in [1.54, 1.807) is 41.6 Å². The molecule has 61 heavy (non-hydrogen) atoms. The van der Waals surface area contributed by atoms with E-state index in [9.17, 15) is 19.8 Å². The number of ether oxygens (including phenoxy) is 3. The van der Waals surface area contributed by atoms with Gasteiger partial charge in [-0.05, 0) is 70.0 Å². The summed E-state index contributed by atoms with van der Waals surface area (Å²) >= 11 is 0. The fourth-order valence-corrected chi connectivity index (χ4v) is 11.6. The number of aromatic nitrogens is 2. The quantitative estimate of drug-likeness (QED) is 0.0888. The molecule has 1 fully saturated rings. The van der Waals surface area contributed by atoms with Crippen LogP contribution in [0.5, 0.6) is 11.5 Å². The summed E-state index contributed by atoms with van der Waals surface area (Å²) in [6.07, 6.45) is 6.40. The van der Waals surface area contributed by atoms with Gasteiger partial charge in [0.2, 0.25) is 0 Å². The van der Waals surface area contributed by atoms with Crippen molar-refractivity contribution in [3.05, 3.63) is 92.2 Å². The highest BCUT2D eigenvalue weighted by Gasteiger charge is 2.68. The number of anilines is 2. The zero-order chi connectivity index (χ0) is 42.6. The normalized spacial score (nSPS) is 26.3. The molecule has 8 N–H and O–H groups in total. The predicted octanol–water partition coefficient (Wildman–Crippen LogP) is 3.56. The molecule has 6 atom stereocenters. The van der Waals surface area contributed by atoms with Gasteiger partial charge in [0.05, 0.1) is 17.5 Å². The largest absolute Gasteiger partial charge is 0.507 e. The summed E-state index contributed by atoms with van der Waals surface area (Å²) in [7, 11) is 5.04. The number of nitrogen functional groups attached to an aromatic ring is 2. The Morgan fingerprint density at radius 3 is 2.75 bits per heavy atom. The number of fused-ring (bicyclic) bond motifs is 9. The van der Waals surface area contributed by atoms with Crippen LogP contribution in [0.1, 0.15) is 54.3 Å². The number of phenolic OH excluding ortho intramolecular Hbond substituents is 1. The molecule has 5 aliphatic heterocycles. The second kappa shape index (κ2) is 16.4. The standard InChI is InChI=1S/C44H49N7O8S2/c1-23-12-33(53)39-35(56-23)17-34-29(40(39)54)16-37-43(2,58-34)8-11-60-61-22-30-28(15-27(49-41(30)46)20-51-19-25-6-9-48-32(25)21-51)31-13-24(14-38(45)50-31)4-5-36-44(59-36,42(55)57-37)26(7-10-52)18-47-3/h6,9,12-15,17,21,26,36-37,47,52,54H,4-5,7-8,10-11,16,18-20,22H2,1-3H3,(H2,45,50)(H2,46,49)/p+1. The van der Waals surface area contributed by atoms with Crippen molar-refractivity contribution >= 4 is 56.4 Å². The van der Waals surface area contributed by atoms with Gasteiger partial charge in [-0.1, -0.05) is 21.6 Å². The molecule has 15 nitrogen and oxygen atoms in total. The first kappa shape index (κ1) is 41.4. The topological polar surface area (TPSA) is 225 Å². The maximum absolute atomic E-state index is 14.8. The second-order valence-corrected chi connectivity index (χ2v) is 19.3. The van der Waals surface area contributed by atoms with Gasteiger partial charge in [0, 0.05) is 84.0 Å². The highest BCUT2D eigenvalue weighted by molar-refractivity contribution is 8.76. The molecule has 4 aromatic rings. The van der Waals surface area contributed by atoms with Crippen LogP contribution >= 0.6 is 21.6 Å². The molecule has 3 aromatic heterocycles. The van der Waals surface area contributed by atoms with Crippen LogP contribution in [0.25, 0.3) is 22.2 Å². The lowest BCUT2D eigenvalue weighted by Gasteiger charge is -2.42. The molecule has 6 unspecified atom stereocenters. The molecule has 1 aromatic carbocycles. The summed E-state index contributed by atoms with van der Waals surface area (Å²) in [5, 5.41) is 24.9. The van der Waals surface area contributed by atoms with Crippen LogP contribution in [0.15, 0.2) is 68.1 Å². The molecule has 320 valence electrons. The van der Waals surface area contributed by atoms with Gasteiger partial charge >= 0.3 is 5.97 Å². The Morgan fingerprint density at radius 1 is 1.10 bits per heavy atom. The molecule has 0 spiro atoms.